The summed E-state index contributed by atoms with van der Waals surface area (Å²) in [7, 11) is 0. The molecule has 0 radical (unpaired) electrons. The number of nitrogens with zero attached hydrogens (tertiary/aromatic N) is 5. The number of aromatic nitrogens is 2. The zero-order valence-corrected chi connectivity index (χ0v) is 28.2. The van der Waals surface area contributed by atoms with Crippen LogP contribution in [0, 0.1) is 23.7 Å². The fraction of sp³-hybridized carbons (Fsp3) is 0.789. The lowest BCUT2D eigenvalue weighted by atomic mass is 9.68. The molecule has 1 aromatic heterocycles. The summed E-state index contributed by atoms with van der Waals surface area (Å²) in [6.07, 6.45) is 17.5. The number of imidazole rings is 1. The number of benzene rings is 1. The summed E-state index contributed by atoms with van der Waals surface area (Å²) in [5.41, 5.74) is 2.48. The van der Waals surface area contributed by atoms with Crippen LogP contribution in [0.15, 0.2) is 24.3 Å². The standard InChI is InChI=1S/C38H59N5O/c1-5-40(6-2)38(44)25-41-17-11-14-30(41)24-37-39-33-15-9-10-16-34(33)43(37)32-22-35-26(3)18-27(4)36(23-32)42(35)31-20-28-12-7-8-13-29(19-28)21-31/h9-10,15-16,26-32,35-36H,5-8,11-14,17-25H2,1-4H3. The van der Waals surface area contributed by atoms with Crippen LogP contribution < -0.4 is 0 Å². The molecule has 5 fully saturated rings. The molecule has 6 heteroatoms. The second-order valence-corrected chi connectivity index (χ2v) is 15.7. The third kappa shape index (κ3) is 5.87. The number of carbonyl (C=O) groups is 1. The van der Waals surface area contributed by atoms with Gasteiger partial charge in [-0.25, -0.2) is 4.98 Å². The molecule has 4 bridgehead atoms. The van der Waals surface area contributed by atoms with Crippen LogP contribution in [0.25, 0.3) is 11.0 Å². The van der Waals surface area contributed by atoms with Gasteiger partial charge in [-0.05, 0) is 108 Å². The van der Waals surface area contributed by atoms with E-state index in [9.17, 15) is 4.79 Å². The molecule has 2 aliphatic carbocycles. The van der Waals surface area contributed by atoms with E-state index in [0.29, 0.717) is 30.7 Å². The predicted molar refractivity (Wildman–Crippen MR) is 180 cm³/mol. The fourth-order valence-corrected chi connectivity index (χ4v) is 11.0. The number of hydrogen-bond donors (Lipinski definition) is 0. The van der Waals surface area contributed by atoms with Crippen molar-refractivity contribution in [1.29, 1.82) is 0 Å². The van der Waals surface area contributed by atoms with Gasteiger partial charge in [0.15, 0.2) is 0 Å². The SMILES string of the molecule is CCN(CC)C(=O)CN1CCCC1Cc1nc2ccccc2n1C1CC2C(C)CC(C)C(C1)N2C1CC2CCCCC(C2)C1. The summed E-state index contributed by atoms with van der Waals surface area (Å²) in [6.45, 7) is 12.5. The fourth-order valence-electron chi connectivity index (χ4n) is 11.0. The molecule has 242 valence electrons. The molecule has 1 amide bonds. The molecule has 6 nitrogen and oxygen atoms in total. The van der Waals surface area contributed by atoms with Gasteiger partial charge >= 0.3 is 0 Å². The molecule has 1 aromatic carbocycles. The van der Waals surface area contributed by atoms with Crippen LogP contribution in [0.4, 0.5) is 0 Å². The predicted octanol–water partition coefficient (Wildman–Crippen LogP) is 7.32. The Morgan fingerprint density at radius 1 is 0.841 bits per heavy atom. The van der Waals surface area contributed by atoms with E-state index < -0.39 is 0 Å². The summed E-state index contributed by atoms with van der Waals surface area (Å²) < 4.78 is 2.71. The molecule has 0 N–H and O–H groups in total. The molecule has 44 heavy (non-hydrogen) atoms. The Bertz CT molecular complexity index is 1250. The van der Waals surface area contributed by atoms with Gasteiger partial charge in [0.1, 0.15) is 5.82 Å². The molecule has 3 saturated heterocycles. The maximum Gasteiger partial charge on any atom is 0.236 e. The molecular formula is C38H59N5O. The van der Waals surface area contributed by atoms with E-state index in [4.69, 9.17) is 4.98 Å². The van der Waals surface area contributed by atoms with Crippen molar-refractivity contribution in [1.82, 2.24) is 24.3 Å². The lowest BCUT2D eigenvalue weighted by molar-refractivity contribution is -0.132. The first-order valence-electron chi connectivity index (χ1n) is 18.7. The molecule has 7 unspecified atom stereocenters. The van der Waals surface area contributed by atoms with E-state index in [1.807, 2.05) is 4.90 Å². The van der Waals surface area contributed by atoms with Gasteiger partial charge in [0.05, 0.1) is 17.6 Å². The Labute approximate surface area is 266 Å². The average Bonchev–Trinajstić information content (AvgIpc) is 3.57. The van der Waals surface area contributed by atoms with Gasteiger partial charge in [-0.15, -0.1) is 0 Å². The summed E-state index contributed by atoms with van der Waals surface area (Å²) in [5, 5.41) is 0. The summed E-state index contributed by atoms with van der Waals surface area (Å²) in [6, 6.07) is 12.0. The van der Waals surface area contributed by atoms with E-state index in [1.165, 1.54) is 82.0 Å². The third-order valence-electron chi connectivity index (χ3n) is 13.0. The number of carbonyl (C=O) groups excluding carboxylic acids is 1. The first-order valence-corrected chi connectivity index (χ1v) is 18.7. The first kappa shape index (κ1) is 30.7. The number of para-hydroxylation sites is 2. The first-order chi connectivity index (χ1) is 21.4. The number of likely N-dealkylation sites (N-methyl/N-ethyl adjacent to an activating group) is 1. The Morgan fingerprint density at radius 2 is 1.52 bits per heavy atom. The minimum atomic E-state index is 0.279. The van der Waals surface area contributed by atoms with E-state index in [0.717, 1.165) is 67.7 Å². The van der Waals surface area contributed by atoms with Gasteiger partial charge in [-0.3, -0.25) is 14.6 Å². The second kappa shape index (κ2) is 13.1. The van der Waals surface area contributed by atoms with Crippen molar-refractivity contribution in [3.8, 4) is 0 Å². The normalized spacial score (nSPS) is 36.4. The van der Waals surface area contributed by atoms with Gasteiger partial charge < -0.3 is 9.47 Å². The van der Waals surface area contributed by atoms with Crippen molar-refractivity contribution in [3.63, 3.8) is 0 Å². The third-order valence-corrected chi connectivity index (χ3v) is 13.0. The van der Waals surface area contributed by atoms with E-state index in [-0.39, 0.29) is 5.91 Å². The van der Waals surface area contributed by atoms with Crippen LogP contribution in [0.1, 0.15) is 117 Å². The van der Waals surface area contributed by atoms with Gasteiger partial charge in [0.25, 0.3) is 0 Å². The quantitative estimate of drug-likeness (QED) is 0.318. The van der Waals surface area contributed by atoms with Gasteiger partial charge in [-0.2, -0.15) is 0 Å². The lowest BCUT2D eigenvalue weighted by Crippen LogP contribution is -2.62. The largest absolute Gasteiger partial charge is 0.342 e. The second-order valence-electron chi connectivity index (χ2n) is 15.7. The molecule has 4 heterocycles. The highest BCUT2D eigenvalue weighted by atomic mass is 16.2. The molecule has 5 aliphatic rings. The maximum absolute atomic E-state index is 13.1. The Kier molecular flexibility index (Phi) is 9.12. The number of piperidine rings is 2. The van der Waals surface area contributed by atoms with Crippen molar-refractivity contribution >= 4 is 16.9 Å². The van der Waals surface area contributed by atoms with Crippen LogP contribution >= 0.6 is 0 Å². The number of rotatable bonds is 8. The molecule has 0 spiro atoms. The van der Waals surface area contributed by atoms with Crippen molar-refractivity contribution in [2.24, 2.45) is 23.7 Å². The highest BCUT2D eigenvalue weighted by Crippen LogP contribution is 2.50. The van der Waals surface area contributed by atoms with E-state index in [1.54, 1.807) is 0 Å². The highest BCUT2D eigenvalue weighted by Gasteiger charge is 2.49. The summed E-state index contributed by atoms with van der Waals surface area (Å²) in [5.74, 6) is 4.99. The zero-order chi connectivity index (χ0) is 30.4. The Morgan fingerprint density at radius 3 is 2.20 bits per heavy atom. The maximum atomic E-state index is 13.1. The topological polar surface area (TPSA) is 44.6 Å². The van der Waals surface area contributed by atoms with Gasteiger partial charge in [0, 0.05) is 49.7 Å². The lowest BCUT2D eigenvalue weighted by Gasteiger charge is -2.58. The van der Waals surface area contributed by atoms with Crippen molar-refractivity contribution < 1.29 is 4.79 Å². The molecule has 3 aliphatic heterocycles. The summed E-state index contributed by atoms with van der Waals surface area (Å²) in [4.78, 5) is 26.0. The molecule has 2 aromatic rings. The average molecular weight is 602 g/mol. The smallest absolute Gasteiger partial charge is 0.236 e. The molecule has 7 rings (SSSR count). The van der Waals surface area contributed by atoms with Crippen LogP contribution in [0.3, 0.4) is 0 Å². The van der Waals surface area contributed by atoms with Crippen LogP contribution in [0.5, 0.6) is 0 Å². The Hall–Kier alpha value is -1.92. The van der Waals surface area contributed by atoms with Crippen molar-refractivity contribution in [3.05, 3.63) is 30.1 Å². The van der Waals surface area contributed by atoms with E-state index >= 15 is 0 Å². The molecule has 7 atom stereocenters. The minimum absolute atomic E-state index is 0.279. The van der Waals surface area contributed by atoms with Crippen molar-refractivity contribution in [2.45, 2.75) is 141 Å². The Balaban J connectivity index is 1.16. The molecule has 2 saturated carbocycles. The van der Waals surface area contributed by atoms with Crippen LogP contribution in [-0.2, 0) is 11.2 Å². The van der Waals surface area contributed by atoms with Gasteiger partial charge in [-0.1, -0.05) is 51.7 Å². The number of likely N-dealkylation sites (tertiary alicyclic amines) is 1. The number of amides is 1. The van der Waals surface area contributed by atoms with Crippen molar-refractivity contribution in [2.75, 3.05) is 26.2 Å². The monoisotopic (exact) mass is 601 g/mol. The molecular weight excluding hydrogens is 542 g/mol. The van der Waals surface area contributed by atoms with Gasteiger partial charge in [0.2, 0.25) is 5.91 Å². The minimum Gasteiger partial charge on any atom is -0.342 e. The number of hydrogen-bond acceptors (Lipinski definition) is 4. The zero-order valence-electron chi connectivity index (χ0n) is 28.2. The van der Waals surface area contributed by atoms with E-state index in [2.05, 4.69) is 66.3 Å². The summed E-state index contributed by atoms with van der Waals surface area (Å²) >= 11 is 0. The number of fused-ring (bicyclic) bond motifs is 5. The van der Waals surface area contributed by atoms with Crippen LogP contribution in [0.2, 0.25) is 0 Å². The highest BCUT2D eigenvalue weighted by molar-refractivity contribution is 5.78. The van der Waals surface area contributed by atoms with Crippen LogP contribution in [-0.4, -0.2) is 80.5 Å².